The van der Waals surface area contributed by atoms with Gasteiger partial charge in [-0.05, 0) is 48.6 Å². The van der Waals surface area contributed by atoms with Crippen molar-refractivity contribution in [2.24, 2.45) is 0 Å². The number of benzene rings is 2. The van der Waals surface area contributed by atoms with E-state index in [-0.39, 0.29) is 17.8 Å². The van der Waals surface area contributed by atoms with Crippen LogP contribution in [-0.2, 0) is 22.5 Å². The van der Waals surface area contributed by atoms with Crippen LogP contribution in [0.2, 0.25) is 0 Å². The first-order valence-corrected chi connectivity index (χ1v) is 9.88. The van der Waals surface area contributed by atoms with Crippen molar-refractivity contribution in [1.82, 2.24) is 9.88 Å². The van der Waals surface area contributed by atoms with E-state index in [0.29, 0.717) is 25.9 Å². The fourth-order valence-corrected chi connectivity index (χ4v) is 3.81. The molecule has 1 saturated heterocycles. The van der Waals surface area contributed by atoms with Gasteiger partial charge in [0.15, 0.2) is 0 Å². The number of hydrogen-bond donors (Lipinski definition) is 1. The van der Waals surface area contributed by atoms with Gasteiger partial charge < -0.3 is 14.6 Å². The normalized spacial score (nSPS) is 16.5. The van der Waals surface area contributed by atoms with E-state index in [0.717, 1.165) is 41.5 Å². The molecule has 1 atom stereocenters. The van der Waals surface area contributed by atoms with Gasteiger partial charge in [-0.1, -0.05) is 30.3 Å². The third-order valence-corrected chi connectivity index (χ3v) is 5.31. The number of para-hydroxylation sites is 1. The summed E-state index contributed by atoms with van der Waals surface area (Å²) in [6.45, 7) is 2.07. The lowest BCUT2D eigenvalue weighted by molar-refractivity contribution is -0.121. The number of fused-ring (bicyclic) bond motifs is 1. The zero-order chi connectivity index (χ0) is 19.3. The number of halogens is 1. The molecule has 1 amide bonds. The number of nitrogens with one attached hydrogen (secondary N) is 1. The summed E-state index contributed by atoms with van der Waals surface area (Å²) >= 11 is 0. The first-order chi connectivity index (χ1) is 13.7. The van der Waals surface area contributed by atoms with Crippen LogP contribution in [0.5, 0.6) is 0 Å². The average molecular weight is 380 g/mol. The lowest BCUT2D eigenvalue weighted by Gasteiger charge is -2.10. The lowest BCUT2D eigenvalue weighted by atomic mass is 10.1. The second-order valence-electron chi connectivity index (χ2n) is 7.36. The highest BCUT2D eigenvalue weighted by atomic mass is 19.1. The van der Waals surface area contributed by atoms with Gasteiger partial charge in [0.1, 0.15) is 5.82 Å². The molecule has 4 rings (SSSR count). The van der Waals surface area contributed by atoms with Crippen LogP contribution in [0.3, 0.4) is 0 Å². The summed E-state index contributed by atoms with van der Waals surface area (Å²) in [5, 5.41) is 4.15. The summed E-state index contributed by atoms with van der Waals surface area (Å²) in [6.07, 6.45) is 5.53. The summed E-state index contributed by atoms with van der Waals surface area (Å²) in [5.74, 6) is -0.165. The van der Waals surface area contributed by atoms with Crippen LogP contribution in [0.1, 0.15) is 30.4 Å². The third-order valence-electron chi connectivity index (χ3n) is 5.31. The SMILES string of the molecule is O=C(CCc1cn(Cc2ccc(F)cc2)c2ccccc12)NC[C@H]1CCCO1. The van der Waals surface area contributed by atoms with Crippen molar-refractivity contribution in [3.05, 3.63) is 71.7 Å². The van der Waals surface area contributed by atoms with Gasteiger partial charge in [-0.25, -0.2) is 4.39 Å². The molecule has 2 aromatic carbocycles. The Morgan fingerprint density at radius 2 is 2.00 bits per heavy atom. The molecule has 5 heteroatoms. The maximum atomic E-state index is 13.2. The quantitative estimate of drug-likeness (QED) is 0.672. The number of rotatable bonds is 7. The Morgan fingerprint density at radius 3 is 2.79 bits per heavy atom. The summed E-state index contributed by atoms with van der Waals surface area (Å²) in [4.78, 5) is 12.2. The van der Waals surface area contributed by atoms with Crippen LogP contribution in [-0.4, -0.2) is 29.7 Å². The molecule has 0 radical (unpaired) electrons. The minimum Gasteiger partial charge on any atom is -0.376 e. The summed E-state index contributed by atoms with van der Waals surface area (Å²) < 4.78 is 20.9. The van der Waals surface area contributed by atoms with E-state index in [1.807, 2.05) is 24.3 Å². The number of aryl methyl sites for hydroxylation is 1. The molecule has 0 unspecified atom stereocenters. The average Bonchev–Trinajstić information content (AvgIpc) is 3.35. The first-order valence-electron chi connectivity index (χ1n) is 9.88. The molecule has 4 nitrogen and oxygen atoms in total. The second kappa shape index (κ2) is 8.57. The van der Waals surface area contributed by atoms with Crippen molar-refractivity contribution in [3.63, 3.8) is 0 Å². The first kappa shape index (κ1) is 18.7. The van der Waals surface area contributed by atoms with E-state index < -0.39 is 0 Å². The molecular weight excluding hydrogens is 355 g/mol. The highest BCUT2D eigenvalue weighted by molar-refractivity contribution is 5.85. The number of ether oxygens (including phenoxy) is 1. The van der Waals surface area contributed by atoms with Gasteiger partial charge in [-0.2, -0.15) is 0 Å². The Balaban J connectivity index is 1.43. The predicted molar refractivity (Wildman–Crippen MR) is 108 cm³/mol. The van der Waals surface area contributed by atoms with Crippen LogP contribution in [0.15, 0.2) is 54.7 Å². The number of carbonyl (C=O) groups is 1. The lowest BCUT2D eigenvalue weighted by Crippen LogP contribution is -2.31. The smallest absolute Gasteiger partial charge is 0.220 e. The van der Waals surface area contributed by atoms with Crippen molar-refractivity contribution in [3.8, 4) is 0 Å². The maximum absolute atomic E-state index is 13.2. The van der Waals surface area contributed by atoms with Crippen molar-refractivity contribution in [2.75, 3.05) is 13.2 Å². The van der Waals surface area contributed by atoms with Crippen LogP contribution < -0.4 is 5.32 Å². The van der Waals surface area contributed by atoms with E-state index in [4.69, 9.17) is 4.74 Å². The van der Waals surface area contributed by atoms with Crippen LogP contribution in [0.25, 0.3) is 10.9 Å². The van der Waals surface area contributed by atoms with Crippen molar-refractivity contribution < 1.29 is 13.9 Å². The van der Waals surface area contributed by atoms with Gasteiger partial charge >= 0.3 is 0 Å². The Bertz CT molecular complexity index is 943. The molecule has 0 spiro atoms. The van der Waals surface area contributed by atoms with Gasteiger partial charge in [0.2, 0.25) is 5.91 Å². The third kappa shape index (κ3) is 4.42. The number of nitrogens with zero attached hydrogens (tertiary/aromatic N) is 1. The zero-order valence-electron chi connectivity index (χ0n) is 15.9. The van der Waals surface area contributed by atoms with E-state index in [1.165, 1.54) is 12.1 Å². The molecule has 3 aromatic rings. The monoisotopic (exact) mass is 380 g/mol. The fourth-order valence-electron chi connectivity index (χ4n) is 3.81. The van der Waals surface area contributed by atoms with Crippen molar-refractivity contribution in [2.45, 2.75) is 38.3 Å². The van der Waals surface area contributed by atoms with Crippen LogP contribution in [0.4, 0.5) is 4.39 Å². The molecule has 1 aliphatic heterocycles. The second-order valence-corrected chi connectivity index (χ2v) is 7.36. The molecular formula is C23H25FN2O2. The Hall–Kier alpha value is -2.66. The van der Waals surface area contributed by atoms with Gasteiger partial charge in [-0.15, -0.1) is 0 Å². The molecule has 1 fully saturated rings. The van der Waals surface area contributed by atoms with E-state index in [2.05, 4.69) is 28.2 Å². The Labute approximate surface area is 164 Å². The number of hydrogen-bond acceptors (Lipinski definition) is 2. The van der Waals surface area contributed by atoms with Gasteiger partial charge in [0.05, 0.1) is 6.10 Å². The Kier molecular flexibility index (Phi) is 5.72. The van der Waals surface area contributed by atoms with Gasteiger partial charge in [-0.3, -0.25) is 4.79 Å². The molecule has 1 aromatic heterocycles. The number of carbonyl (C=O) groups excluding carboxylic acids is 1. The highest BCUT2D eigenvalue weighted by Gasteiger charge is 2.16. The summed E-state index contributed by atoms with van der Waals surface area (Å²) in [5.41, 5.74) is 3.33. The molecule has 0 bridgehead atoms. The van der Waals surface area contributed by atoms with Crippen molar-refractivity contribution >= 4 is 16.8 Å². The largest absolute Gasteiger partial charge is 0.376 e. The van der Waals surface area contributed by atoms with Crippen LogP contribution in [0, 0.1) is 5.82 Å². The molecule has 146 valence electrons. The minimum atomic E-state index is -0.226. The highest BCUT2D eigenvalue weighted by Crippen LogP contribution is 2.23. The molecule has 2 heterocycles. The van der Waals surface area contributed by atoms with Gasteiger partial charge in [0, 0.05) is 43.2 Å². The molecule has 0 saturated carbocycles. The summed E-state index contributed by atoms with van der Waals surface area (Å²) in [7, 11) is 0. The van der Waals surface area contributed by atoms with E-state index in [9.17, 15) is 9.18 Å². The summed E-state index contributed by atoms with van der Waals surface area (Å²) in [6, 6.07) is 14.8. The van der Waals surface area contributed by atoms with Gasteiger partial charge in [0.25, 0.3) is 0 Å². The standard InChI is InChI=1S/C23H25FN2O2/c24-19-10-7-17(8-11-19)15-26-16-18(21-5-1-2-6-22(21)26)9-12-23(27)25-14-20-4-3-13-28-20/h1-2,5-8,10-11,16,20H,3-4,9,12-15H2,(H,25,27)/t20-/m1/s1. The predicted octanol–water partition coefficient (Wildman–Crippen LogP) is 4.06. The molecule has 1 N–H and O–H groups in total. The minimum absolute atomic E-state index is 0.0610. The van der Waals surface area contributed by atoms with Crippen molar-refractivity contribution in [1.29, 1.82) is 0 Å². The number of aromatic nitrogens is 1. The van der Waals surface area contributed by atoms with Crippen LogP contribution >= 0.6 is 0 Å². The van der Waals surface area contributed by atoms with E-state index >= 15 is 0 Å². The Morgan fingerprint density at radius 1 is 1.18 bits per heavy atom. The fraction of sp³-hybridized carbons (Fsp3) is 0.348. The molecule has 0 aliphatic carbocycles. The maximum Gasteiger partial charge on any atom is 0.220 e. The topological polar surface area (TPSA) is 43.3 Å². The van der Waals surface area contributed by atoms with E-state index in [1.54, 1.807) is 0 Å². The molecule has 1 aliphatic rings. The zero-order valence-corrected chi connectivity index (χ0v) is 15.9. The number of amides is 1. The molecule has 28 heavy (non-hydrogen) atoms.